The van der Waals surface area contributed by atoms with Gasteiger partial charge < -0.3 is 4.74 Å². The number of ether oxygens (including phenoxy) is 1. The van der Waals surface area contributed by atoms with Crippen molar-refractivity contribution in [2.24, 2.45) is 0 Å². The van der Waals surface area contributed by atoms with E-state index in [1.165, 1.54) is 16.3 Å². The van der Waals surface area contributed by atoms with Crippen molar-refractivity contribution < 1.29 is 9.53 Å². The van der Waals surface area contributed by atoms with E-state index in [0.717, 1.165) is 0 Å². The van der Waals surface area contributed by atoms with Gasteiger partial charge in [0.15, 0.2) is 5.16 Å². The summed E-state index contributed by atoms with van der Waals surface area (Å²) in [5, 5.41) is 1.43. The van der Waals surface area contributed by atoms with Crippen molar-refractivity contribution in [1.82, 2.24) is 9.55 Å². The molecule has 26 heavy (non-hydrogen) atoms. The molecular formula is C18H12Cl2N2O3S. The number of rotatable bonds is 3. The molecule has 5 nitrogen and oxygen atoms in total. The van der Waals surface area contributed by atoms with Gasteiger partial charge in [-0.3, -0.25) is 14.2 Å². The molecule has 1 atom stereocenters. The molecule has 1 saturated heterocycles. The maximum absolute atomic E-state index is 13.1. The summed E-state index contributed by atoms with van der Waals surface area (Å²) in [7, 11) is 0. The summed E-state index contributed by atoms with van der Waals surface area (Å²) < 4.78 is 6.49. The number of benzene rings is 2. The van der Waals surface area contributed by atoms with E-state index in [0.29, 0.717) is 44.8 Å². The van der Waals surface area contributed by atoms with Crippen molar-refractivity contribution in [3.8, 4) is 5.69 Å². The van der Waals surface area contributed by atoms with E-state index >= 15 is 0 Å². The first-order chi connectivity index (χ1) is 12.5. The number of halogens is 2. The Morgan fingerprint density at radius 1 is 1.12 bits per heavy atom. The Labute approximate surface area is 162 Å². The quantitative estimate of drug-likeness (QED) is 0.483. The van der Waals surface area contributed by atoms with Gasteiger partial charge in [0.25, 0.3) is 5.56 Å². The minimum Gasteiger partial charge on any atom is -0.465 e. The smallest absolute Gasteiger partial charge is 0.319 e. The fourth-order valence-electron chi connectivity index (χ4n) is 2.77. The second kappa shape index (κ2) is 6.95. The Morgan fingerprint density at radius 2 is 1.92 bits per heavy atom. The minimum atomic E-state index is -0.399. The standard InChI is InChI=1S/C18H12Cl2N2O3S/c19-10-2-1-3-12(8-10)22-16(23)13-5-4-11(20)9-14(13)21-18(22)26-15-6-7-25-17(15)24/h1-5,8-9,15H,6-7H2/t15-/m1/s1. The summed E-state index contributed by atoms with van der Waals surface area (Å²) in [6, 6.07) is 11.9. The van der Waals surface area contributed by atoms with Gasteiger partial charge in [-0.25, -0.2) is 4.98 Å². The third-order valence-electron chi connectivity index (χ3n) is 4.00. The van der Waals surface area contributed by atoms with Crippen LogP contribution in [0.2, 0.25) is 10.0 Å². The highest BCUT2D eigenvalue weighted by atomic mass is 35.5. The van der Waals surface area contributed by atoms with Crippen LogP contribution in [0.5, 0.6) is 0 Å². The molecule has 0 radical (unpaired) electrons. The van der Waals surface area contributed by atoms with Gasteiger partial charge in [0.2, 0.25) is 0 Å². The van der Waals surface area contributed by atoms with Crippen molar-refractivity contribution in [2.45, 2.75) is 16.8 Å². The molecule has 1 fully saturated rings. The Balaban J connectivity index is 1.95. The topological polar surface area (TPSA) is 61.2 Å². The number of carbonyl (C=O) groups excluding carboxylic acids is 1. The lowest BCUT2D eigenvalue weighted by Crippen LogP contribution is -2.23. The van der Waals surface area contributed by atoms with Gasteiger partial charge in [0.05, 0.1) is 23.2 Å². The zero-order valence-corrected chi connectivity index (χ0v) is 15.6. The normalized spacial score (nSPS) is 16.8. The number of hydrogen-bond donors (Lipinski definition) is 0. The van der Waals surface area contributed by atoms with Crippen LogP contribution in [0.25, 0.3) is 16.6 Å². The maximum Gasteiger partial charge on any atom is 0.319 e. The SMILES string of the molecule is O=C1OCC[C@H]1Sc1nc2cc(Cl)ccc2c(=O)n1-c1cccc(Cl)c1. The predicted molar refractivity (Wildman–Crippen MR) is 103 cm³/mol. The van der Waals surface area contributed by atoms with Crippen molar-refractivity contribution in [3.05, 3.63) is 62.9 Å². The molecule has 1 aliphatic heterocycles. The van der Waals surface area contributed by atoms with Crippen LogP contribution in [0, 0.1) is 0 Å². The molecule has 132 valence electrons. The van der Waals surface area contributed by atoms with Gasteiger partial charge in [-0.1, -0.05) is 41.0 Å². The lowest BCUT2D eigenvalue weighted by Gasteiger charge is -2.15. The monoisotopic (exact) mass is 406 g/mol. The molecule has 8 heteroatoms. The van der Waals surface area contributed by atoms with Crippen molar-refractivity contribution in [1.29, 1.82) is 0 Å². The molecule has 0 saturated carbocycles. The van der Waals surface area contributed by atoms with E-state index in [1.807, 2.05) is 0 Å². The third kappa shape index (κ3) is 3.20. The van der Waals surface area contributed by atoms with Crippen LogP contribution in [0.15, 0.2) is 52.4 Å². The molecule has 1 aliphatic rings. The number of thioether (sulfide) groups is 1. The molecule has 0 bridgehead atoms. The van der Waals surface area contributed by atoms with E-state index in [1.54, 1.807) is 42.5 Å². The highest BCUT2D eigenvalue weighted by Gasteiger charge is 2.29. The fourth-order valence-corrected chi connectivity index (χ4v) is 4.20. The van der Waals surface area contributed by atoms with E-state index in [2.05, 4.69) is 4.98 Å². The largest absolute Gasteiger partial charge is 0.465 e. The molecule has 0 unspecified atom stereocenters. The van der Waals surface area contributed by atoms with Crippen LogP contribution in [0.4, 0.5) is 0 Å². The third-order valence-corrected chi connectivity index (χ3v) is 5.67. The summed E-state index contributed by atoms with van der Waals surface area (Å²) in [5.41, 5.74) is 0.818. The molecule has 4 rings (SSSR count). The number of esters is 1. The maximum atomic E-state index is 13.1. The minimum absolute atomic E-state index is 0.247. The Morgan fingerprint density at radius 3 is 2.65 bits per heavy atom. The second-order valence-corrected chi connectivity index (χ2v) is 7.78. The summed E-state index contributed by atoms with van der Waals surface area (Å²) >= 11 is 13.4. The lowest BCUT2D eigenvalue weighted by atomic mass is 10.2. The van der Waals surface area contributed by atoms with Gasteiger partial charge in [0, 0.05) is 16.5 Å². The average molecular weight is 407 g/mol. The Bertz CT molecular complexity index is 1080. The van der Waals surface area contributed by atoms with E-state index in [4.69, 9.17) is 27.9 Å². The Hall–Kier alpha value is -2.02. The number of aromatic nitrogens is 2. The summed E-state index contributed by atoms with van der Waals surface area (Å²) in [5.74, 6) is -0.298. The van der Waals surface area contributed by atoms with Crippen LogP contribution in [0.1, 0.15) is 6.42 Å². The summed E-state index contributed by atoms with van der Waals surface area (Å²) in [4.78, 5) is 29.6. The molecule has 2 heterocycles. The van der Waals surface area contributed by atoms with Crippen molar-refractivity contribution in [3.63, 3.8) is 0 Å². The second-order valence-electron chi connectivity index (χ2n) is 5.74. The van der Waals surface area contributed by atoms with Gasteiger partial charge in [-0.05, 0) is 36.4 Å². The number of nitrogens with zero attached hydrogens (tertiary/aromatic N) is 2. The Kier molecular flexibility index (Phi) is 4.65. The molecule has 1 aromatic heterocycles. The number of cyclic esters (lactones) is 1. The van der Waals surface area contributed by atoms with Crippen LogP contribution >= 0.6 is 35.0 Å². The lowest BCUT2D eigenvalue weighted by molar-refractivity contribution is -0.137. The molecule has 2 aromatic carbocycles. The van der Waals surface area contributed by atoms with Gasteiger partial charge in [-0.2, -0.15) is 0 Å². The zero-order chi connectivity index (χ0) is 18.3. The number of carbonyl (C=O) groups is 1. The summed E-state index contributed by atoms with van der Waals surface area (Å²) in [6.45, 7) is 0.372. The van der Waals surface area contributed by atoms with Crippen LogP contribution in [0.3, 0.4) is 0 Å². The van der Waals surface area contributed by atoms with E-state index in [9.17, 15) is 9.59 Å². The van der Waals surface area contributed by atoms with E-state index in [-0.39, 0.29) is 11.5 Å². The van der Waals surface area contributed by atoms with Crippen molar-refractivity contribution >= 4 is 51.8 Å². The first-order valence-electron chi connectivity index (χ1n) is 7.84. The molecular weight excluding hydrogens is 395 g/mol. The van der Waals surface area contributed by atoms with Crippen LogP contribution < -0.4 is 5.56 Å². The first-order valence-corrected chi connectivity index (χ1v) is 9.48. The van der Waals surface area contributed by atoms with Gasteiger partial charge in [0.1, 0.15) is 5.25 Å². The highest BCUT2D eigenvalue weighted by Crippen LogP contribution is 2.31. The highest BCUT2D eigenvalue weighted by molar-refractivity contribution is 8.00. The molecule has 0 spiro atoms. The summed E-state index contributed by atoms with van der Waals surface area (Å²) in [6.07, 6.45) is 0.572. The van der Waals surface area contributed by atoms with E-state index < -0.39 is 5.25 Å². The molecule has 0 N–H and O–H groups in total. The van der Waals surface area contributed by atoms with Crippen LogP contribution in [-0.2, 0) is 9.53 Å². The number of fused-ring (bicyclic) bond motifs is 1. The molecule has 0 amide bonds. The van der Waals surface area contributed by atoms with Crippen LogP contribution in [-0.4, -0.2) is 27.4 Å². The van der Waals surface area contributed by atoms with Gasteiger partial charge in [-0.15, -0.1) is 0 Å². The average Bonchev–Trinajstić information content (AvgIpc) is 2.99. The molecule has 3 aromatic rings. The van der Waals surface area contributed by atoms with Crippen molar-refractivity contribution in [2.75, 3.05) is 6.61 Å². The first kappa shape index (κ1) is 17.4. The molecule has 0 aliphatic carbocycles. The predicted octanol–water partition coefficient (Wildman–Crippen LogP) is 4.10. The fraction of sp³-hybridized carbons (Fsp3) is 0.167. The van der Waals surface area contributed by atoms with Gasteiger partial charge >= 0.3 is 5.97 Å². The zero-order valence-electron chi connectivity index (χ0n) is 13.3. The number of hydrogen-bond acceptors (Lipinski definition) is 5.